The molecule has 1 unspecified atom stereocenters. The van der Waals surface area contributed by atoms with Gasteiger partial charge in [-0.3, -0.25) is 4.90 Å². The second-order valence-electron chi connectivity index (χ2n) is 8.13. The van der Waals surface area contributed by atoms with Gasteiger partial charge in [0.1, 0.15) is 18.1 Å². The van der Waals surface area contributed by atoms with E-state index in [4.69, 9.17) is 4.74 Å². The van der Waals surface area contributed by atoms with E-state index in [0.717, 1.165) is 30.7 Å². The maximum absolute atomic E-state index is 9.84. The van der Waals surface area contributed by atoms with Crippen LogP contribution >= 0.6 is 0 Å². The fourth-order valence-electron chi connectivity index (χ4n) is 4.08. The molecule has 1 heterocycles. The first-order chi connectivity index (χ1) is 15.2. The van der Waals surface area contributed by atoms with Crippen LogP contribution < -0.4 is 4.74 Å². The molecular formula is C27H31NO3. The van der Waals surface area contributed by atoms with Gasteiger partial charge < -0.3 is 14.9 Å². The van der Waals surface area contributed by atoms with Crippen molar-refractivity contribution in [3.63, 3.8) is 0 Å². The fraction of sp³-hybridized carbons (Fsp3) is 0.333. The van der Waals surface area contributed by atoms with Crippen LogP contribution in [0.25, 0.3) is 11.1 Å². The second kappa shape index (κ2) is 10.5. The molecule has 0 radical (unpaired) electrons. The summed E-state index contributed by atoms with van der Waals surface area (Å²) in [6, 6.07) is 18.8. The molecular weight excluding hydrogens is 386 g/mol. The van der Waals surface area contributed by atoms with E-state index in [2.05, 4.69) is 47.4 Å². The minimum absolute atomic E-state index is 0.161. The smallest absolute Gasteiger partial charge is 0.119 e. The number of aliphatic hydroxyl groups is 2. The Morgan fingerprint density at radius 2 is 1.77 bits per heavy atom. The highest BCUT2D eigenvalue weighted by molar-refractivity contribution is 5.92. The lowest BCUT2D eigenvalue weighted by atomic mass is 9.81. The molecule has 1 aliphatic carbocycles. The summed E-state index contributed by atoms with van der Waals surface area (Å²) >= 11 is 0. The molecule has 4 rings (SSSR count). The summed E-state index contributed by atoms with van der Waals surface area (Å²) in [7, 11) is 0. The molecule has 1 aliphatic heterocycles. The molecule has 1 fully saturated rings. The number of ether oxygens (including phenoxy) is 1. The zero-order valence-electron chi connectivity index (χ0n) is 17.9. The molecule has 1 saturated heterocycles. The van der Waals surface area contributed by atoms with E-state index in [1.54, 1.807) is 6.08 Å². The minimum atomic E-state index is 0.161. The summed E-state index contributed by atoms with van der Waals surface area (Å²) in [6.07, 6.45) is 8.01. The van der Waals surface area contributed by atoms with Gasteiger partial charge in [0.15, 0.2) is 0 Å². The van der Waals surface area contributed by atoms with Crippen molar-refractivity contribution in [2.75, 3.05) is 32.8 Å². The van der Waals surface area contributed by atoms with Gasteiger partial charge in [0, 0.05) is 32.2 Å². The van der Waals surface area contributed by atoms with Crippen LogP contribution in [0.1, 0.15) is 30.4 Å². The zero-order valence-corrected chi connectivity index (χ0v) is 17.9. The van der Waals surface area contributed by atoms with E-state index in [-0.39, 0.29) is 12.5 Å². The summed E-state index contributed by atoms with van der Waals surface area (Å²) in [4.78, 5) is 2.35. The topological polar surface area (TPSA) is 52.7 Å². The molecule has 0 saturated carbocycles. The molecule has 1 atom stereocenters. The van der Waals surface area contributed by atoms with E-state index < -0.39 is 0 Å². The number of allylic oxidation sites excluding steroid dienone is 5. The van der Waals surface area contributed by atoms with Gasteiger partial charge in [-0.15, -0.1) is 0 Å². The number of rotatable bonds is 10. The van der Waals surface area contributed by atoms with Gasteiger partial charge in [-0.05, 0) is 65.8 Å². The normalized spacial score (nSPS) is 19.0. The molecule has 2 aromatic carbocycles. The van der Waals surface area contributed by atoms with Crippen LogP contribution in [0.4, 0.5) is 0 Å². The van der Waals surface area contributed by atoms with Crippen LogP contribution in [0.3, 0.4) is 0 Å². The Bertz CT molecular complexity index is 940. The quantitative estimate of drug-likeness (QED) is 0.418. The van der Waals surface area contributed by atoms with Crippen molar-refractivity contribution in [2.45, 2.75) is 19.3 Å². The van der Waals surface area contributed by atoms with Gasteiger partial charge in [-0.25, -0.2) is 0 Å². The maximum Gasteiger partial charge on any atom is 0.119 e. The highest BCUT2D eigenvalue weighted by Gasteiger charge is 2.21. The molecule has 162 valence electrons. The Balaban J connectivity index is 1.67. The van der Waals surface area contributed by atoms with Crippen molar-refractivity contribution in [3.05, 3.63) is 89.7 Å². The van der Waals surface area contributed by atoms with Gasteiger partial charge in [0.2, 0.25) is 0 Å². The van der Waals surface area contributed by atoms with Crippen LogP contribution in [0.2, 0.25) is 0 Å². The van der Waals surface area contributed by atoms with Crippen molar-refractivity contribution in [1.82, 2.24) is 4.90 Å². The maximum atomic E-state index is 9.84. The van der Waals surface area contributed by atoms with Crippen LogP contribution in [0.15, 0.2) is 78.6 Å². The molecule has 0 bridgehead atoms. The Hall–Kier alpha value is -2.82. The van der Waals surface area contributed by atoms with Crippen molar-refractivity contribution in [1.29, 1.82) is 0 Å². The summed E-state index contributed by atoms with van der Waals surface area (Å²) in [6.45, 7) is 4.23. The summed E-state index contributed by atoms with van der Waals surface area (Å²) in [5.74, 6) is 1.37. The van der Waals surface area contributed by atoms with Crippen molar-refractivity contribution < 1.29 is 14.9 Å². The number of hydrogen-bond donors (Lipinski definition) is 2. The first-order valence-corrected chi connectivity index (χ1v) is 11.2. The predicted molar refractivity (Wildman–Crippen MR) is 126 cm³/mol. The van der Waals surface area contributed by atoms with Gasteiger partial charge in [0.05, 0.1) is 0 Å². The predicted octanol–water partition coefficient (Wildman–Crippen LogP) is 5.08. The fourth-order valence-corrected chi connectivity index (χ4v) is 4.08. The first kappa shape index (κ1) is 21.4. The van der Waals surface area contributed by atoms with E-state index >= 15 is 0 Å². The SMILES string of the molecule is OCCC/C(=C(/c1ccc(OCCN2CC2)cc1)C1C=CC(O)=CC1)c1ccccc1. The molecule has 4 heteroatoms. The molecule has 2 N–H and O–H groups in total. The largest absolute Gasteiger partial charge is 0.508 e. The molecule has 2 aliphatic rings. The lowest BCUT2D eigenvalue weighted by Crippen LogP contribution is -2.10. The molecule has 0 aromatic heterocycles. The third-order valence-electron chi connectivity index (χ3n) is 5.86. The number of hydrogen-bond acceptors (Lipinski definition) is 4. The highest BCUT2D eigenvalue weighted by Crippen LogP contribution is 2.39. The average molecular weight is 418 g/mol. The molecule has 0 amide bonds. The minimum Gasteiger partial charge on any atom is -0.508 e. The summed E-state index contributed by atoms with van der Waals surface area (Å²) < 4.78 is 5.91. The van der Waals surface area contributed by atoms with Crippen LogP contribution in [-0.4, -0.2) is 48.0 Å². The zero-order chi connectivity index (χ0) is 21.5. The number of benzene rings is 2. The Kier molecular flexibility index (Phi) is 7.23. The van der Waals surface area contributed by atoms with Crippen LogP contribution in [-0.2, 0) is 0 Å². The monoisotopic (exact) mass is 417 g/mol. The summed E-state index contributed by atoms with van der Waals surface area (Å²) in [5.41, 5.74) is 4.82. The summed E-state index contributed by atoms with van der Waals surface area (Å²) in [5, 5.41) is 19.4. The Morgan fingerprint density at radius 1 is 1.00 bits per heavy atom. The molecule has 2 aromatic rings. The van der Waals surface area contributed by atoms with Crippen LogP contribution in [0, 0.1) is 5.92 Å². The van der Waals surface area contributed by atoms with E-state index in [1.807, 2.05) is 24.3 Å². The standard InChI is InChI=1S/C27H31NO3/c29-19-4-7-26(21-5-2-1-3-6-21)27(22-8-12-24(30)13-9-22)23-10-14-25(15-11-23)31-20-18-28-16-17-28/h1-3,5-6,8,10-15,22,29-30H,4,7,9,16-20H2/b27-26-. The lowest BCUT2D eigenvalue weighted by Gasteiger charge is -2.24. The lowest BCUT2D eigenvalue weighted by molar-refractivity contribution is 0.290. The highest BCUT2D eigenvalue weighted by atomic mass is 16.5. The third kappa shape index (κ3) is 5.87. The number of aliphatic hydroxyl groups excluding tert-OH is 2. The van der Waals surface area contributed by atoms with E-state index in [0.29, 0.717) is 18.8 Å². The van der Waals surface area contributed by atoms with Gasteiger partial charge in [-0.2, -0.15) is 0 Å². The Morgan fingerprint density at radius 3 is 2.42 bits per heavy atom. The third-order valence-corrected chi connectivity index (χ3v) is 5.86. The van der Waals surface area contributed by atoms with Gasteiger partial charge >= 0.3 is 0 Å². The van der Waals surface area contributed by atoms with Gasteiger partial charge in [0.25, 0.3) is 0 Å². The Labute approximate surface area is 184 Å². The first-order valence-electron chi connectivity index (χ1n) is 11.2. The number of nitrogens with zero attached hydrogens (tertiary/aromatic N) is 1. The molecule has 4 nitrogen and oxygen atoms in total. The molecule has 0 spiro atoms. The average Bonchev–Trinajstić information content (AvgIpc) is 3.63. The molecule has 31 heavy (non-hydrogen) atoms. The van der Waals surface area contributed by atoms with Crippen molar-refractivity contribution >= 4 is 11.1 Å². The van der Waals surface area contributed by atoms with Crippen molar-refractivity contribution in [3.8, 4) is 5.75 Å². The van der Waals surface area contributed by atoms with Gasteiger partial charge in [-0.1, -0.05) is 48.5 Å². The van der Waals surface area contributed by atoms with E-state index in [9.17, 15) is 10.2 Å². The van der Waals surface area contributed by atoms with E-state index in [1.165, 1.54) is 29.8 Å². The van der Waals surface area contributed by atoms with Crippen molar-refractivity contribution in [2.24, 2.45) is 5.92 Å². The second-order valence-corrected chi connectivity index (χ2v) is 8.13. The van der Waals surface area contributed by atoms with Crippen LogP contribution in [0.5, 0.6) is 5.75 Å².